The van der Waals surface area contributed by atoms with Gasteiger partial charge in [-0.3, -0.25) is 9.10 Å². The number of nitrogens with zero attached hydrogens (tertiary/aromatic N) is 1. The molecule has 6 heteroatoms. The van der Waals surface area contributed by atoms with Crippen molar-refractivity contribution in [1.29, 1.82) is 0 Å². The van der Waals surface area contributed by atoms with Gasteiger partial charge in [-0.2, -0.15) is 0 Å². The number of carbonyl (C=O) groups is 1. The minimum Gasteiger partial charge on any atom is -0.481 e. The monoisotopic (exact) mass is 285 g/mol. The normalized spacial score (nSPS) is 12.2. The lowest BCUT2D eigenvalue weighted by Crippen LogP contribution is -2.30. The van der Waals surface area contributed by atoms with Gasteiger partial charge in [0.25, 0.3) is 0 Å². The molecule has 1 rings (SSSR count). The Hall–Kier alpha value is -1.56. The molecule has 0 atom stereocenters. The van der Waals surface area contributed by atoms with Crippen LogP contribution in [0.2, 0.25) is 0 Å². The summed E-state index contributed by atoms with van der Waals surface area (Å²) in [6.07, 6.45) is 1.05. The van der Waals surface area contributed by atoms with Crippen LogP contribution in [-0.4, -0.2) is 32.8 Å². The van der Waals surface area contributed by atoms with Crippen molar-refractivity contribution in [3.63, 3.8) is 0 Å². The molecule has 0 radical (unpaired) electrons. The van der Waals surface area contributed by atoms with Gasteiger partial charge in [-0.05, 0) is 11.6 Å². The first-order valence-electron chi connectivity index (χ1n) is 5.81. The van der Waals surface area contributed by atoms with Crippen LogP contribution in [0.1, 0.15) is 25.8 Å². The second kappa shape index (κ2) is 5.21. The highest BCUT2D eigenvalue weighted by atomic mass is 32.2. The third-order valence-corrected chi connectivity index (χ3v) is 4.25. The molecule has 0 unspecified atom stereocenters. The molecular weight excluding hydrogens is 266 g/mol. The van der Waals surface area contributed by atoms with Crippen LogP contribution in [0.25, 0.3) is 0 Å². The lowest BCUT2D eigenvalue weighted by atomic mass is 9.80. The van der Waals surface area contributed by atoms with Gasteiger partial charge in [0.2, 0.25) is 10.0 Å². The maximum absolute atomic E-state index is 11.6. The van der Waals surface area contributed by atoms with Crippen molar-refractivity contribution in [3.05, 3.63) is 29.8 Å². The zero-order chi connectivity index (χ0) is 14.8. The van der Waals surface area contributed by atoms with Gasteiger partial charge in [-0.25, -0.2) is 8.42 Å². The Kier molecular flexibility index (Phi) is 4.25. The Morgan fingerprint density at radius 2 is 1.84 bits per heavy atom. The van der Waals surface area contributed by atoms with E-state index in [0.717, 1.165) is 6.26 Å². The summed E-state index contributed by atoms with van der Waals surface area (Å²) in [4.78, 5) is 10.9. The second-order valence-electron chi connectivity index (χ2n) is 5.20. The molecule has 0 saturated carbocycles. The molecule has 0 aliphatic rings. The number of anilines is 1. The van der Waals surface area contributed by atoms with Crippen LogP contribution in [-0.2, 0) is 20.2 Å². The molecule has 1 N–H and O–H groups in total. The predicted molar refractivity (Wildman–Crippen MR) is 75.0 cm³/mol. The molecule has 0 aliphatic carbocycles. The fraction of sp³-hybridized carbons (Fsp3) is 0.462. The molecule has 5 nitrogen and oxygen atoms in total. The number of hydrogen-bond acceptors (Lipinski definition) is 3. The number of carboxylic acid groups (broad SMARTS) is 1. The molecule has 0 fully saturated rings. The topological polar surface area (TPSA) is 74.7 Å². The van der Waals surface area contributed by atoms with Crippen LogP contribution >= 0.6 is 0 Å². The van der Waals surface area contributed by atoms with Crippen LogP contribution in [0.4, 0.5) is 5.69 Å². The van der Waals surface area contributed by atoms with Crippen molar-refractivity contribution in [2.45, 2.75) is 25.7 Å². The van der Waals surface area contributed by atoms with Crippen molar-refractivity contribution in [3.8, 4) is 0 Å². The number of carboxylic acids is 1. The van der Waals surface area contributed by atoms with Crippen LogP contribution in [0.15, 0.2) is 24.3 Å². The molecule has 0 aliphatic heterocycles. The maximum Gasteiger partial charge on any atom is 0.304 e. The largest absolute Gasteiger partial charge is 0.481 e. The van der Waals surface area contributed by atoms with E-state index in [1.54, 1.807) is 38.1 Å². The van der Waals surface area contributed by atoms with E-state index in [-0.39, 0.29) is 6.42 Å². The number of para-hydroxylation sites is 1. The highest BCUT2D eigenvalue weighted by molar-refractivity contribution is 7.92. The Bertz CT molecular complexity index is 578. The molecule has 19 heavy (non-hydrogen) atoms. The second-order valence-corrected chi connectivity index (χ2v) is 7.22. The van der Waals surface area contributed by atoms with Gasteiger partial charge in [0.1, 0.15) is 0 Å². The van der Waals surface area contributed by atoms with Gasteiger partial charge in [-0.15, -0.1) is 0 Å². The van der Waals surface area contributed by atoms with Crippen LogP contribution in [0, 0.1) is 0 Å². The average Bonchev–Trinajstić information content (AvgIpc) is 2.25. The Labute approximate surface area is 113 Å². The minimum absolute atomic E-state index is 0.0678. The summed E-state index contributed by atoms with van der Waals surface area (Å²) in [5, 5.41) is 8.97. The predicted octanol–water partition coefficient (Wildman–Crippen LogP) is 1.83. The van der Waals surface area contributed by atoms with Gasteiger partial charge < -0.3 is 5.11 Å². The van der Waals surface area contributed by atoms with Crippen molar-refractivity contribution in [1.82, 2.24) is 0 Å². The zero-order valence-corrected chi connectivity index (χ0v) is 12.4. The molecule has 0 amide bonds. The molecule has 106 valence electrons. The van der Waals surface area contributed by atoms with Crippen molar-refractivity contribution in [2.24, 2.45) is 0 Å². The smallest absolute Gasteiger partial charge is 0.304 e. The van der Waals surface area contributed by atoms with Gasteiger partial charge in [0, 0.05) is 12.5 Å². The lowest BCUT2D eigenvalue weighted by Gasteiger charge is -2.29. The van der Waals surface area contributed by atoms with Gasteiger partial charge in [0.15, 0.2) is 0 Å². The molecule has 0 aromatic heterocycles. The first-order valence-corrected chi connectivity index (χ1v) is 7.66. The Morgan fingerprint density at radius 1 is 1.32 bits per heavy atom. The molecule has 0 bridgehead atoms. The summed E-state index contributed by atoms with van der Waals surface area (Å²) in [7, 11) is -1.92. The summed E-state index contributed by atoms with van der Waals surface area (Å²) >= 11 is 0. The number of sulfonamides is 1. The Morgan fingerprint density at radius 3 is 2.32 bits per heavy atom. The summed E-state index contributed by atoms with van der Waals surface area (Å²) < 4.78 is 24.5. The quantitative estimate of drug-likeness (QED) is 0.895. The Balaban J connectivity index is 3.34. The molecule has 0 heterocycles. The number of aliphatic carboxylic acids is 1. The summed E-state index contributed by atoms with van der Waals surface area (Å²) in [6.45, 7) is 3.58. The average molecular weight is 285 g/mol. The molecule has 0 spiro atoms. The fourth-order valence-corrected chi connectivity index (χ4v) is 2.49. The summed E-state index contributed by atoms with van der Waals surface area (Å²) in [5.41, 5.74) is 0.558. The number of benzene rings is 1. The first kappa shape index (κ1) is 15.5. The maximum atomic E-state index is 11.6. The van der Waals surface area contributed by atoms with Crippen LogP contribution < -0.4 is 4.31 Å². The van der Waals surface area contributed by atoms with E-state index in [2.05, 4.69) is 0 Å². The van der Waals surface area contributed by atoms with E-state index in [4.69, 9.17) is 5.11 Å². The molecular formula is C13H19NO4S. The van der Waals surface area contributed by atoms with Gasteiger partial charge in [-0.1, -0.05) is 32.0 Å². The van der Waals surface area contributed by atoms with Crippen molar-refractivity contribution < 1.29 is 18.3 Å². The van der Waals surface area contributed by atoms with Crippen LogP contribution in [0.3, 0.4) is 0 Å². The third kappa shape index (κ3) is 3.70. The fourth-order valence-electron chi connectivity index (χ4n) is 1.97. The van der Waals surface area contributed by atoms with E-state index in [0.29, 0.717) is 11.3 Å². The summed E-state index contributed by atoms with van der Waals surface area (Å²) in [6, 6.07) is 6.95. The highest BCUT2D eigenvalue weighted by Crippen LogP contribution is 2.35. The van der Waals surface area contributed by atoms with Crippen LogP contribution in [0.5, 0.6) is 0 Å². The molecule has 1 aromatic rings. The SMILES string of the molecule is CN(c1ccccc1C(C)(C)CC(=O)O)S(C)(=O)=O. The van der Waals surface area contributed by atoms with E-state index in [1.807, 2.05) is 0 Å². The zero-order valence-electron chi connectivity index (χ0n) is 11.5. The minimum atomic E-state index is -3.38. The summed E-state index contributed by atoms with van der Waals surface area (Å²) in [5.74, 6) is -0.915. The van der Waals surface area contributed by atoms with E-state index in [9.17, 15) is 13.2 Å². The molecule has 1 aromatic carbocycles. The third-order valence-electron chi connectivity index (χ3n) is 3.06. The first-order chi connectivity index (χ1) is 8.55. The van der Waals surface area contributed by atoms with Crippen molar-refractivity contribution in [2.75, 3.05) is 17.6 Å². The van der Waals surface area contributed by atoms with Crippen molar-refractivity contribution >= 4 is 21.7 Å². The van der Waals surface area contributed by atoms with Gasteiger partial charge in [0.05, 0.1) is 18.4 Å². The lowest BCUT2D eigenvalue weighted by molar-refractivity contribution is -0.138. The van der Waals surface area contributed by atoms with E-state index in [1.165, 1.54) is 11.4 Å². The van der Waals surface area contributed by atoms with Gasteiger partial charge >= 0.3 is 5.97 Å². The highest BCUT2D eigenvalue weighted by Gasteiger charge is 2.29. The molecule has 0 saturated heterocycles. The standard InChI is InChI=1S/C13H19NO4S/c1-13(2,9-12(15)16)10-7-5-6-8-11(10)14(3)19(4,17)18/h5-8H,9H2,1-4H3,(H,15,16). The van der Waals surface area contributed by atoms with E-state index >= 15 is 0 Å². The number of hydrogen-bond donors (Lipinski definition) is 1. The number of rotatable bonds is 5. The van der Waals surface area contributed by atoms with E-state index < -0.39 is 21.4 Å².